The highest BCUT2D eigenvalue weighted by atomic mass is 16.5. The molecule has 0 amide bonds. The third-order valence-corrected chi connectivity index (χ3v) is 3.12. The van der Waals surface area contributed by atoms with Crippen molar-refractivity contribution in [1.82, 2.24) is 20.1 Å². The molecule has 1 atom stereocenters. The topological polar surface area (TPSA) is 52.0 Å². The maximum Gasteiger partial charge on any atom is 0.142 e. The van der Waals surface area contributed by atoms with Crippen molar-refractivity contribution in [2.24, 2.45) is 0 Å². The van der Waals surface area contributed by atoms with Gasteiger partial charge in [-0.1, -0.05) is 6.92 Å². The normalized spacial score (nSPS) is 12.4. The van der Waals surface area contributed by atoms with Gasteiger partial charge in [0.1, 0.15) is 5.75 Å². The van der Waals surface area contributed by atoms with Gasteiger partial charge in [-0.3, -0.25) is 9.67 Å². The van der Waals surface area contributed by atoms with Crippen molar-refractivity contribution >= 4 is 0 Å². The number of nitrogens with zero attached hydrogens (tertiary/aromatic N) is 3. The van der Waals surface area contributed by atoms with E-state index in [9.17, 15) is 0 Å². The Hall–Kier alpha value is -1.88. The molecular formula is C14H20N4O. The van der Waals surface area contributed by atoms with Crippen LogP contribution in [0.4, 0.5) is 0 Å². The highest BCUT2D eigenvalue weighted by molar-refractivity contribution is 5.37. The summed E-state index contributed by atoms with van der Waals surface area (Å²) in [6.45, 7) is 3.06. The van der Waals surface area contributed by atoms with E-state index < -0.39 is 0 Å². The van der Waals surface area contributed by atoms with E-state index in [2.05, 4.69) is 22.3 Å². The minimum atomic E-state index is 0.0481. The molecule has 5 nitrogen and oxygen atoms in total. The molecule has 0 aliphatic rings. The van der Waals surface area contributed by atoms with Crippen molar-refractivity contribution in [3.8, 4) is 5.75 Å². The molecule has 102 valence electrons. The Bertz CT molecular complexity index is 524. The predicted molar refractivity (Wildman–Crippen MR) is 74.2 cm³/mol. The Morgan fingerprint density at radius 2 is 2.21 bits per heavy atom. The van der Waals surface area contributed by atoms with E-state index in [0.717, 1.165) is 30.0 Å². The van der Waals surface area contributed by atoms with Crippen molar-refractivity contribution in [1.29, 1.82) is 0 Å². The maximum absolute atomic E-state index is 5.39. The summed E-state index contributed by atoms with van der Waals surface area (Å²) in [6.07, 6.45) is 6.41. The Balaban J connectivity index is 2.41. The molecule has 2 heterocycles. The summed E-state index contributed by atoms with van der Waals surface area (Å²) < 4.78 is 7.42. The molecule has 0 bridgehead atoms. The number of methoxy groups -OCH3 is 1. The van der Waals surface area contributed by atoms with Gasteiger partial charge in [0.25, 0.3) is 0 Å². The second-order valence-corrected chi connectivity index (χ2v) is 4.32. The fourth-order valence-corrected chi connectivity index (χ4v) is 2.25. The molecule has 2 rings (SSSR count). The summed E-state index contributed by atoms with van der Waals surface area (Å²) >= 11 is 0. The second kappa shape index (κ2) is 6.33. The number of aromatic nitrogens is 3. The zero-order valence-corrected chi connectivity index (χ0v) is 11.6. The van der Waals surface area contributed by atoms with Crippen LogP contribution in [-0.4, -0.2) is 28.9 Å². The molecule has 0 spiro atoms. The van der Waals surface area contributed by atoms with E-state index in [1.165, 1.54) is 0 Å². The van der Waals surface area contributed by atoms with Crippen molar-refractivity contribution in [2.75, 3.05) is 14.2 Å². The van der Waals surface area contributed by atoms with Gasteiger partial charge in [0, 0.05) is 24.5 Å². The molecule has 1 unspecified atom stereocenters. The number of hydrogen-bond donors (Lipinski definition) is 1. The zero-order valence-electron chi connectivity index (χ0n) is 11.6. The van der Waals surface area contributed by atoms with Crippen LogP contribution in [0.5, 0.6) is 5.75 Å². The zero-order chi connectivity index (χ0) is 13.7. The molecule has 0 saturated carbocycles. The number of ether oxygens (including phenoxy) is 1. The first-order valence-corrected chi connectivity index (χ1v) is 6.48. The lowest BCUT2D eigenvalue weighted by atomic mass is 10.0. The summed E-state index contributed by atoms with van der Waals surface area (Å²) in [5.74, 6) is 0.783. The van der Waals surface area contributed by atoms with Crippen LogP contribution in [-0.2, 0) is 6.54 Å². The second-order valence-electron chi connectivity index (χ2n) is 4.32. The van der Waals surface area contributed by atoms with Crippen LogP contribution in [0.1, 0.15) is 30.6 Å². The largest absolute Gasteiger partial charge is 0.495 e. The van der Waals surface area contributed by atoms with Crippen LogP contribution in [0.25, 0.3) is 0 Å². The van der Waals surface area contributed by atoms with Gasteiger partial charge in [0.05, 0.1) is 25.0 Å². The van der Waals surface area contributed by atoms with Crippen molar-refractivity contribution in [3.05, 3.63) is 42.0 Å². The van der Waals surface area contributed by atoms with Crippen LogP contribution in [0.2, 0.25) is 0 Å². The molecule has 0 aliphatic heterocycles. The molecule has 0 radical (unpaired) electrons. The first-order chi connectivity index (χ1) is 9.31. The van der Waals surface area contributed by atoms with E-state index >= 15 is 0 Å². The molecule has 5 heteroatoms. The lowest BCUT2D eigenvalue weighted by Gasteiger charge is -2.20. The minimum Gasteiger partial charge on any atom is -0.495 e. The highest BCUT2D eigenvalue weighted by Crippen LogP contribution is 2.28. The van der Waals surface area contributed by atoms with E-state index in [1.807, 2.05) is 30.1 Å². The van der Waals surface area contributed by atoms with Crippen LogP contribution in [0, 0.1) is 0 Å². The SMILES string of the molecule is CCCn1nccc1C(NC)c1ccncc1OC. The number of pyridine rings is 1. The number of aryl methyl sites for hydroxylation is 1. The van der Waals surface area contributed by atoms with Gasteiger partial charge >= 0.3 is 0 Å². The third-order valence-electron chi connectivity index (χ3n) is 3.12. The summed E-state index contributed by atoms with van der Waals surface area (Å²) in [7, 11) is 3.60. The average Bonchev–Trinajstić information content (AvgIpc) is 2.89. The van der Waals surface area contributed by atoms with Gasteiger partial charge < -0.3 is 10.1 Å². The number of nitrogens with one attached hydrogen (secondary N) is 1. The van der Waals surface area contributed by atoms with Gasteiger partial charge in [-0.2, -0.15) is 5.10 Å². The number of rotatable bonds is 6. The van der Waals surface area contributed by atoms with Gasteiger partial charge in [-0.25, -0.2) is 0 Å². The molecular weight excluding hydrogens is 240 g/mol. The molecule has 1 N–H and O–H groups in total. The lowest BCUT2D eigenvalue weighted by molar-refractivity contribution is 0.401. The average molecular weight is 260 g/mol. The van der Waals surface area contributed by atoms with Crippen LogP contribution in [0.3, 0.4) is 0 Å². The summed E-state index contributed by atoms with van der Waals surface area (Å²) in [4.78, 5) is 4.10. The van der Waals surface area contributed by atoms with Gasteiger partial charge in [0.2, 0.25) is 0 Å². The van der Waals surface area contributed by atoms with Crippen molar-refractivity contribution in [2.45, 2.75) is 25.9 Å². The fourth-order valence-electron chi connectivity index (χ4n) is 2.25. The highest BCUT2D eigenvalue weighted by Gasteiger charge is 2.19. The van der Waals surface area contributed by atoms with Crippen LogP contribution < -0.4 is 10.1 Å². The standard InChI is InChI=1S/C14H20N4O/c1-4-9-18-12(6-8-17-18)14(15-2)11-5-7-16-10-13(11)19-3/h5-8,10,14-15H,4,9H2,1-3H3. The molecule has 0 fully saturated rings. The Morgan fingerprint density at radius 1 is 1.37 bits per heavy atom. The monoisotopic (exact) mass is 260 g/mol. The molecule has 0 saturated heterocycles. The summed E-state index contributed by atoms with van der Waals surface area (Å²) in [5.41, 5.74) is 2.20. The van der Waals surface area contributed by atoms with E-state index in [-0.39, 0.29) is 6.04 Å². The van der Waals surface area contributed by atoms with Crippen LogP contribution >= 0.6 is 0 Å². The first kappa shape index (κ1) is 13.5. The predicted octanol–water partition coefficient (Wildman–Crippen LogP) is 2.01. The fraction of sp³-hybridized carbons (Fsp3) is 0.429. The molecule has 0 aliphatic carbocycles. The Kier molecular flexibility index (Phi) is 4.52. The summed E-state index contributed by atoms with van der Waals surface area (Å²) in [5, 5.41) is 7.70. The third kappa shape index (κ3) is 2.76. The summed E-state index contributed by atoms with van der Waals surface area (Å²) in [6, 6.07) is 4.06. The first-order valence-electron chi connectivity index (χ1n) is 6.48. The lowest BCUT2D eigenvalue weighted by Crippen LogP contribution is -2.22. The van der Waals surface area contributed by atoms with Gasteiger partial charge in [0.15, 0.2) is 0 Å². The van der Waals surface area contributed by atoms with Crippen molar-refractivity contribution < 1.29 is 4.74 Å². The smallest absolute Gasteiger partial charge is 0.142 e. The van der Waals surface area contributed by atoms with E-state index in [1.54, 1.807) is 19.5 Å². The number of hydrogen-bond acceptors (Lipinski definition) is 4. The van der Waals surface area contributed by atoms with Crippen LogP contribution in [0.15, 0.2) is 30.7 Å². The van der Waals surface area contributed by atoms with Gasteiger partial charge in [-0.15, -0.1) is 0 Å². The Morgan fingerprint density at radius 3 is 2.89 bits per heavy atom. The van der Waals surface area contributed by atoms with Gasteiger partial charge in [-0.05, 0) is 25.6 Å². The minimum absolute atomic E-state index is 0.0481. The maximum atomic E-state index is 5.39. The van der Waals surface area contributed by atoms with E-state index in [4.69, 9.17) is 4.74 Å². The van der Waals surface area contributed by atoms with E-state index in [0.29, 0.717) is 0 Å². The molecule has 2 aromatic heterocycles. The Labute approximate surface area is 113 Å². The van der Waals surface area contributed by atoms with Crippen molar-refractivity contribution in [3.63, 3.8) is 0 Å². The molecule has 2 aromatic rings. The molecule has 0 aromatic carbocycles. The molecule has 19 heavy (non-hydrogen) atoms. The quantitative estimate of drug-likeness (QED) is 0.863.